The number of carboxylic acid groups (broad SMARTS) is 1. The highest BCUT2D eigenvalue weighted by atomic mass is 16.4. The number of carbonyl (C=O) groups is 2. The molecule has 0 radical (unpaired) electrons. The van der Waals surface area contributed by atoms with Crippen LogP contribution in [0.25, 0.3) is 0 Å². The Kier molecular flexibility index (Phi) is 4.25. The highest BCUT2D eigenvalue weighted by Gasteiger charge is 2.12. The van der Waals surface area contributed by atoms with Crippen molar-refractivity contribution >= 4 is 12.0 Å². The molecule has 1 aromatic rings. The number of nitrogens with zero attached hydrogens (tertiary/aromatic N) is 3. The van der Waals surface area contributed by atoms with Crippen LogP contribution in [0.1, 0.15) is 6.92 Å². The van der Waals surface area contributed by atoms with Gasteiger partial charge in [0.1, 0.15) is 6.04 Å². The molecule has 1 heterocycles. The summed E-state index contributed by atoms with van der Waals surface area (Å²) in [6.07, 6.45) is 3.20. The van der Waals surface area contributed by atoms with Crippen molar-refractivity contribution in [1.29, 1.82) is 0 Å². The van der Waals surface area contributed by atoms with E-state index < -0.39 is 18.0 Å². The van der Waals surface area contributed by atoms with E-state index in [1.807, 2.05) is 0 Å². The lowest BCUT2D eigenvalue weighted by Crippen LogP contribution is -2.45. The second kappa shape index (κ2) is 5.69. The van der Waals surface area contributed by atoms with E-state index in [4.69, 9.17) is 5.11 Å². The summed E-state index contributed by atoms with van der Waals surface area (Å²) in [6, 6.07) is -1.43. The first-order valence-electron chi connectivity index (χ1n) is 4.71. The topological polar surface area (TPSA) is 109 Å². The van der Waals surface area contributed by atoms with E-state index in [2.05, 4.69) is 20.9 Å². The fourth-order valence-corrected chi connectivity index (χ4v) is 0.945. The highest BCUT2D eigenvalue weighted by Crippen LogP contribution is 1.82. The second-order valence-corrected chi connectivity index (χ2v) is 3.13. The van der Waals surface area contributed by atoms with Crippen LogP contribution in [0.3, 0.4) is 0 Å². The quantitative estimate of drug-likeness (QED) is 0.601. The van der Waals surface area contributed by atoms with Gasteiger partial charge in [0, 0.05) is 12.7 Å². The molecule has 88 valence electrons. The van der Waals surface area contributed by atoms with Crippen molar-refractivity contribution in [2.75, 3.05) is 6.54 Å². The van der Waals surface area contributed by atoms with E-state index in [9.17, 15) is 9.59 Å². The first kappa shape index (κ1) is 12.0. The van der Waals surface area contributed by atoms with Crippen LogP contribution < -0.4 is 10.6 Å². The maximum atomic E-state index is 11.2. The number of aromatic nitrogens is 3. The van der Waals surface area contributed by atoms with Crippen LogP contribution >= 0.6 is 0 Å². The Morgan fingerprint density at radius 3 is 2.88 bits per heavy atom. The van der Waals surface area contributed by atoms with Gasteiger partial charge in [-0.05, 0) is 6.92 Å². The molecule has 0 spiro atoms. The van der Waals surface area contributed by atoms with Crippen LogP contribution in [-0.4, -0.2) is 44.7 Å². The van der Waals surface area contributed by atoms with Gasteiger partial charge in [0.2, 0.25) is 0 Å². The zero-order valence-corrected chi connectivity index (χ0v) is 8.75. The number of hydrogen-bond acceptors (Lipinski definition) is 4. The van der Waals surface area contributed by atoms with Gasteiger partial charge in [-0.1, -0.05) is 5.21 Å². The minimum absolute atomic E-state index is 0.349. The van der Waals surface area contributed by atoms with Crippen LogP contribution in [0.2, 0.25) is 0 Å². The number of hydrogen-bond donors (Lipinski definition) is 3. The van der Waals surface area contributed by atoms with Crippen molar-refractivity contribution < 1.29 is 14.7 Å². The summed E-state index contributed by atoms with van der Waals surface area (Å²) in [7, 11) is 0. The lowest BCUT2D eigenvalue weighted by atomic mass is 10.3. The van der Waals surface area contributed by atoms with Crippen molar-refractivity contribution in [2.24, 2.45) is 0 Å². The zero-order chi connectivity index (χ0) is 12.0. The molecule has 0 aromatic carbocycles. The van der Waals surface area contributed by atoms with Gasteiger partial charge in [0.05, 0.1) is 12.7 Å². The number of nitrogens with one attached hydrogen (secondary N) is 2. The molecule has 8 heteroatoms. The lowest BCUT2D eigenvalue weighted by molar-refractivity contribution is -0.138. The largest absolute Gasteiger partial charge is 0.480 e. The third-order valence-electron chi connectivity index (χ3n) is 1.82. The highest BCUT2D eigenvalue weighted by molar-refractivity contribution is 5.82. The molecule has 0 saturated heterocycles. The molecule has 0 unspecified atom stereocenters. The molecule has 0 saturated carbocycles. The van der Waals surface area contributed by atoms with Crippen LogP contribution in [-0.2, 0) is 11.3 Å². The Morgan fingerprint density at radius 2 is 2.31 bits per heavy atom. The smallest absolute Gasteiger partial charge is 0.325 e. The van der Waals surface area contributed by atoms with Crippen molar-refractivity contribution in [3.05, 3.63) is 12.4 Å². The molecule has 1 aromatic heterocycles. The number of urea groups is 1. The molecule has 0 aliphatic heterocycles. The average molecular weight is 227 g/mol. The van der Waals surface area contributed by atoms with Gasteiger partial charge in [0.25, 0.3) is 0 Å². The van der Waals surface area contributed by atoms with Gasteiger partial charge in [-0.2, -0.15) is 0 Å². The molecule has 16 heavy (non-hydrogen) atoms. The Bertz CT molecular complexity index is 351. The average Bonchev–Trinajstić information content (AvgIpc) is 2.70. The number of amides is 2. The SMILES string of the molecule is C[C@@H](NC(=O)NCCn1ccnn1)C(=O)O. The lowest BCUT2D eigenvalue weighted by Gasteiger charge is -2.10. The second-order valence-electron chi connectivity index (χ2n) is 3.13. The monoisotopic (exact) mass is 227 g/mol. The van der Waals surface area contributed by atoms with E-state index in [1.54, 1.807) is 10.9 Å². The van der Waals surface area contributed by atoms with E-state index >= 15 is 0 Å². The van der Waals surface area contributed by atoms with Gasteiger partial charge in [-0.15, -0.1) is 5.10 Å². The predicted molar refractivity (Wildman–Crippen MR) is 53.7 cm³/mol. The van der Waals surface area contributed by atoms with Crippen LogP contribution in [0.4, 0.5) is 4.79 Å². The molecular formula is C8H13N5O3. The number of carboxylic acids is 1. The molecular weight excluding hydrogens is 214 g/mol. The summed E-state index contributed by atoms with van der Waals surface area (Å²) in [4.78, 5) is 21.6. The molecule has 0 aliphatic carbocycles. The van der Waals surface area contributed by atoms with Gasteiger partial charge in [0.15, 0.2) is 0 Å². The minimum atomic E-state index is -1.08. The minimum Gasteiger partial charge on any atom is -0.480 e. The number of rotatable bonds is 5. The Morgan fingerprint density at radius 1 is 1.56 bits per heavy atom. The first-order chi connectivity index (χ1) is 7.59. The standard InChI is InChI=1S/C8H13N5O3/c1-6(7(14)15)11-8(16)9-2-4-13-5-3-10-12-13/h3,5-6H,2,4H2,1H3,(H,14,15)(H2,9,11,16)/t6-/m1/s1. The van der Waals surface area contributed by atoms with E-state index in [0.717, 1.165) is 0 Å². The summed E-state index contributed by atoms with van der Waals surface area (Å²) >= 11 is 0. The normalized spacial score (nSPS) is 11.8. The molecule has 0 bridgehead atoms. The van der Waals surface area contributed by atoms with Crippen LogP contribution in [0.15, 0.2) is 12.4 Å². The predicted octanol–water partition coefficient (Wildman–Crippen LogP) is -0.950. The fourth-order valence-electron chi connectivity index (χ4n) is 0.945. The maximum Gasteiger partial charge on any atom is 0.325 e. The summed E-state index contributed by atoms with van der Waals surface area (Å²) in [5, 5.41) is 20.6. The molecule has 3 N–H and O–H groups in total. The molecule has 8 nitrogen and oxygen atoms in total. The first-order valence-corrected chi connectivity index (χ1v) is 4.71. The fraction of sp³-hybridized carbons (Fsp3) is 0.500. The Balaban J connectivity index is 2.18. The van der Waals surface area contributed by atoms with Crippen LogP contribution in [0.5, 0.6) is 0 Å². The summed E-state index contributed by atoms with van der Waals surface area (Å²) < 4.78 is 1.56. The van der Waals surface area contributed by atoms with Gasteiger partial charge in [-0.3, -0.25) is 9.48 Å². The number of carbonyl (C=O) groups excluding carboxylic acids is 1. The molecule has 1 atom stereocenters. The molecule has 1 rings (SSSR count). The van der Waals surface area contributed by atoms with Crippen LogP contribution in [0, 0.1) is 0 Å². The Hall–Kier alpha value is -2.12. The van der Waals surface area contributed by atoms with Gasteiger partial charge in [-0.25, -0.2) is 4.79 Å². The van der Waals surface area contributed by atoms with E-state index in [0.29, 0.717) is 13.1 Å². The van der Waals surface area contributed by atoms with Crippen molar-refractivity contribution in [3.63, 3.8) is 0 Å². The molecule has 2 amide bonds. The summed E-state index contributed by atoms with van der Waals surface area (Å²) in [5.74, 6) is -1.08. The van der Waals surface area contributed by atoms with Gasteiger partial charge < -0.3 is 15.7 Å². The summed E-state index contributed by atoms with van der Waals surface area (Å²) in [5.41, 5.74) is 0. The van der Waals surface area contributed by atoms with Crippen molar-refractivity contribution in [3.8, 4) is 0 Å². The number of aliphatic carboxylic acids is 1. The van der Waals surface area contributed by atoms with Crippen molar-refractivity contribution in [1.82, 2.24) is 25.6 Å². The van der Waals surface area contributed by atoms with Crippen molar-refractivity contribution in [2.45, 2.75) is 19.5 Å². The van der Waals surface area contributed by atoms with Gasteiger partial charge >= 0.3 is 12.0 Å². The maximum absolute atomic E-state index is 11.2. The molecule has 0 fully saturated rings. The third kappa shape index (κ3) is 3.95. The van der Waals surface area contributed by atoms with E-state index in [-0.39, 0.29) is 0 Å². The Labute approximate surface area is 91.6 Å². The molecule has 0 aliphatic rings. The third-order valence-corrected chi connectivity index (χ3v) is 1.82. The summed E-state index contributed by atoms with van der Waals surface area (Å²) in [6.45, 7) is 2.22. The van der Waals surface area contributed by atoms with E-state index in [1.165, 1.54) is 13.1 Å². The zero-order valence-electron chi connectivity index (χ0n) is 8.75.